The molecule has 0 radical (unpaired) electrons. The number of rotatable bonds is 8. The third kappa shape index (κ3) is 8.18. The van der Waals surface area contributed by atoms with Crippen molar-refractivity contribution in [3.05, 3.63) is 101 Å². The molecular formula is C30H30ClF3N5O2+. The Hall–Kier alpha value is -4.15. The summed E-state index contributed by atoms with van der Waals surface area (Å²) in [4.78, 5) is 32.4. The minimum absolute atomic E-state index is 0.145. The van der Waals surface area contributed by atoms with Gasteiger partial charge in [-0.05, 0) is 67.3 Å². The van der Waals surface area contributed by atoms with Crippen LogP contribution < -0.4 is 21.3 Å². The fourth-order valence-electron chi connectivity index (χ4n) is 4.45. The lowest BCUT2D eigenvalue weighted by molar-refractivity contribution is -0.496. The highest BCUT2D eigenvalue weighted by Gasteiger charge is 2.30. The Balaban J connectivity index is 1.56. The van der Waals surface area contributed by atoms with Crippen LogP contribution in [0.1, 0.15) is 51.1 Å². The van der Waals surface area contributed by atoms with Crippen molar-refractivity contribution in [2.45, 2.75) is 31.3 Å². The van der Waals surface area contributed by atoms with E-state index in [4.69, 9.17) is 17.3 Å². The number of piperidine rings is 1. The molecule has 3 aromatic rings. The summed E-state index contributed by atoms with van der Waals surface area (Å²) in [6, 6.07) is 16.9. The molecule has 7 nitrogen and oxygen atoms in total. The van der Waals surface area contributed by atoms with E-state index in [-0.39, 0.29) is 23.0 Å². The van der Waals surface area contributed by atoms with Crippen molar-refractivity contribution in [1.29, 1.82) is 0 Å². The second-order valence-corrected chi connectivity index (χ2v) is 9.82. The number of quaternary nitrogens is 1. The topological polar surface area (TPSA) is 104 Å². The summed E-state index contributed by atoms with van der Waals surface area (Å²) in [6.45, 7) is 1.70. The molecule has 41 heavy (non-hydrogen) atoms. The van der Waals surface area contributed by atoms with Crippen molar-refractivity contribution in [3.63, 3.8) is 0 Å². The van der Waals surface area contributed by atoms with E-state index in [1.165, 1.54) is 29.7 Å². The van der Waals surface area contributed by atoms with Crippen LogP contribution in [-0.4, -0.2) is 30.7 Å². The van der Waals surface area contributed by atoms with Crippen molar-refractivity contribution >= 4 is 46.3 Å². The number of hydrogen-bond acceptors (Lipinski definition) is 3. The van der Waals surface area contributed by atoms with Crippen LogP contribution in [0.4, 0.5) is 30.2 Å². The first-order chi connectivity index (χ1) is 19.6. The zero-order valence-corrected chi connectivity index (χ0v) is 22.9. The number of halogens is 4. The number of benzene rings is 3. The Kier molecular flexibility index (Phi) is 9.80. The van der Waals surface area contributed by atoms with Crippen molar-refractivity contribution in [3.8, 4) is 0 Å². The number of nitrogens with two attached hydrogens (primary N) is 2. The van der Waals surface area contributed by atoms with Crippen LogP contribution in [0.5, 0.6) is 0 Å². The number of amidine groups is 1. The van der Waals surface area contributed by atoms with Crippen LogP contribution in [-0.2, 0) is 12.1 Å². The van der Waals surface area contributed by atoms with Crippen LogP contribution >= 0.6 is 11.6 Å². The molecule has 0 aliphatic carbocycles. The van der Waals surface area contributed by atoms with E-state index in [1.807, 2.05) is 12.1 Å². The van der Waals surface area contributed by atoms with Crippen LogP contribution in [0.25, 0.3) is 0 Å². The number of amides is 2. The highest BCUT2D eigenvalue weighted by atomic mass is 35.5. The average molecular weight is 585 g/mol. The lowest BCUT2D eigenvalue weighted by Crippen LogP contribution is -2.71. The highest BCUT2D eigenvalue weighted by Crippen LogP contribution is 2.30. The molecule has 0 saturated carbocycles. The van der Waals surface area contributed by atoms with Gasteiger partial charge in [-0.25, -0.2) is 0 Å². The SMILES string of the molecule is NC(C=C[NH2+]c1cccc(C(F)(F)F)c1)=NC(=O)c1cc(N2CCCCC2)ccc1NC(=O)c1cccc(CCl)c1. The van der Waals surface area contributed by atoms with Gasteiger partial charge in [-0.1, -0.05) is 18.2 Å². The normalized spacial score (nSPS) is 14.3. The van der Waals surface area contributed by atoms with Gasteiger partial charge in [-0.3, -0.25) is 14.9 Å². The summed E-state index contributed by atoms with van der Waals surface area (Å²) in [5, 5.41) is 4.23. The van der Waals surface area contributed by atoms with Crippen LogP contribution in [0.2, 0.25) is 0 Å². The van der Waals surface area contributed by atoms with Crippen molar-refractivity contribution < 1.29 is 28.1 Å². The summed E-state index contributed by atoms with van der Waals surface area (Å²) < 4.78 is 38.9. The van der Waals surface area contributed by atoms with Crippen LogP contribution in [0.3, 0.4) is 0 Å². The lowest BCUT2D eigenvalue weighted by atomic mass is 10.1. The third-order valence-corrected chi connectivity index (χ3v) is 6.86. The standard InChI is InChI=1S/C30H29ClF3N5O2/c31-19-20-6-4-7-21(16-20)28(40)37-26-11-10-24(39-14-2-1-3-15-39)18-25(26)29(41)38-27(35)12-13-36-23-9-5-8-22(17-23)30(32,33)34/h4-13,16-18,36H,1-3,14-15,19H2,(H,37,40)(H2,35,38,41)/p+1. The molecule has 0 bridgehead atoms. The Morgan fingerprint density at radius 1 is 1.02 bits per heavy atom. The number of nitrogens with one attached hydrogen (secondary N) is 1. The van der Waals surface area contributed by atoms with E-state index in [1.54, 1.807) is 30.3 Å². The maximum absolute atomic E-state index is 13.3. The molecule has 1 saturated heterocycles. The maximum Gasteiger partial charge on any atom is 0.416 e. The van der Waals surface area contributed by atoms with E-state index in [9.17, 15) is 22.8 Å². The largest absolute Gasteiger partial charge is 0.416 e. The third-order valence-electron chi connectivity index (χ3n) is 6.55. The number of carbonyl (C=O) groups is 2. The monoisotopic (exact) mass is 584 g/mol. The van der Waals surface area contributed by atoms with Gasteiger partial charge in [0.15, 0.2) is 0 Å². The quantitative estimate of drug-likeness (QED) is 0.139. The molecule has 11 heteroatoms. The number of carbonyl (C=O) groups excluding carboxylic acids is 2. The summed E-state index contributed by atoms with van der Waals surface area (Å²) in [5.41, 5.74) is 7.93. The van der Waals surface area contributed by atoms with Gasteiger partial charge in [0.2, 0.25) is 0 Å². The molecular weight excluding hydrogens is 555 g/mol. The van der Waals surface area contributed by atoms with Gasteiger partial charge in [0.05, 0.1) is 16.8 Å². The Morgan fingerprint density at radius 3 is 2.51 bits per heavy atom. The smallest absolute Gasteiger partial charge is 0.383 e. The second-order valence-electron chi connectivity index (χ2n) is 9.56. The zero-order valence-electron chi connectivity index (χ0n) is 22.1. The Morgan fingerprint density at radius 2 is 1.78 bits per heavy atom. The molecule has 0 aromatic heterocycles. The lowest BCUT2D eigenvalue weighted by Gasteiger charge is -2.29. The van der Waals surface area contributed by atoms with E-state index >= 15 is 0 Å². The fourth-order valence-corrected chi connectivity index (χ4v) is 4.61. The summed E-state index contributed by atoms with van der Waals surface area (Å²) >= 11 is 5.91. The van der Waals surface area contributed by atoms with Gasteiger partial charge in [0.25, 0.3) is 11.8 Å². The molecule has 0 unspecified atom stereocenters. The zero-order chi connectivity index (χ0) is 29.4. The summed E-state index contributed by atoms with van der Waals surface area (Å²) in [6.07, 6.45) is 1.50. The highest BCUT2D eigenvalue weighted by molar-refractivity contribution is 6.17. The first kappa shape index (κ1) is 29.8. The van der Waals surface area contributed by atoms with E-state index in [0.29, 0.717) is 11.3 Å². The number of alkyl halides is 4. The van der Waals surface area contributed by atoms with E-state index in [0.717, 1.165) is 55.7 Å². The van der Waals surface area contributed by atoms with Gasteiger partial charge in [0, 0.05) is 42.4 Å². The number of anilines is 2. The molecule has 0 spiro atoms. The van der Waals surface area contributed by atoms with E-state index < -0.39 is 23.6 Å². The molecule has 3 aromatic carbocycles. The minimum atomic E-state index is -4.46. The van der Waals surface area contributed by atoms with Crippen LogP contribution in [0.15, 0.2) is 84.0 Å². The van der Waals surface area contributed by atoms with Gasteiger partial charge in [-0.15, -0.1) is 11.6 Å². The predicted molar refractivity (Wildman–Crippen MR) is 155 cm³/mol. The average Bonchev–Trinajstić information content (AvgIpc) is 2.97. The van der Waals surface area contributed by atoms with Crippen molar-refractivity contribution in [1.82, 2.24) is 0 Å². The maximum atomic E-state index is 13.3. The Bertz CT molecular complexity index is 1470. The molecule has 1 fully saturated rings. The number of hydrogen-bond donors (Lipinski definition) is 3. The van der Waals surface area contributed by atoms with Gasteiger partial charge >= 0.3 is 6.18 Å². The second kappa shape index (κ2) is 13.5. The Labute approximate surface area is 240 Å². The number of nitrogens with zero attached hydrogens (tertiary/aromatic N) is 2. The van der Waals surface area contributed by atoms with Crippen molar-refractivity contribution in [2.24, 2.45) is 10.7 Å². The van der Waals surface area contributed by atoms with Gasteiger partial charge in [0.1, 0.15) is 17.7 Å². The first-order valence-electron chi connectivity index (χ1n) is 13.1. The molecule has 1 aliphatic rings. The predicted octanol–water partition coefficient (Wildman–Crippen LogP) is 5.59. The molecule has 2 amide bonds. The molecule has 1 heterocycles. The molecule has 0 atom stereocenters. The van der Waals surface area contributed by atoms with Gasteiger partial charge in [-0.2, -0.15) is 18.2 Å². The first-order valence-corrected chi connectivity index (χ1v) is 13.6. The van der Waals surface area contributed by atoms with Crippen LogP contribution in [0, 0.1) is 0 Å². The molecule has 1 aliphatic heterocycles. The molecule has 5 N–H and O–H groups in total. The molecule has 214 valence electrons. The van der Waals surface area contributed by atoms with E-state index in [2.05, 4.69) is 15.2 Å². The minimum Gasteiger partial charge on any atom is -0.383 e. The van der Waals surface area contributed by atoms with Crippen molar-refractivity contribution in [2.75, 3.05) is 23.3 Å². The van der Waals surface area contributed by atoms with Gasteiger partial charge < -0.3 is 16.0 Å². The summed E-state index contributed by atoms with van der Waals surface area (Å²) in [5.74, 6) is -0.977. The molecule has 4 rings (SSSR count). The summed E-state index contributed by atoms with van der Waals surface area (Å²) in [7, 11) is 0. The fraction of sp³-hybridized carbons (Fsp3) is 0.233. The number of aliphatic imine (C=N–C) groups is 1.